The molecule has 0 saturated heterocycles. The molecule has 6 heteroatoms. The van der Waals surface area contributed by atoms with Crippen molar-refractivity contribution >= 4 is 20.9 Å². The zero-order valence-corrected chi connectivity index (χ0v) is 17.3. The molecule has 3 aliphatic rings. The maximum Gasteiger partial charge on any atom is 4.00 e. The fraction of sp³-hybridized carbons (Fsp3) is 0.176. The molecule has 2 aliphatic carbocycles. The molecule has 1 N–H and O–H groups in total. The molecule has 0 saturated carbocycles. The predicted molar refractivity (Wildman–Crippen MR) is 79.7 cm³/mol. The maximum absolute atomic E-state index is 11.6. The molecule has 0 aromatic heterocycles. The number of hydrogen-bond acceptors (Lipinski definition) is 2. The monoisotopic (exact) mass is 438 g/mol. The first-order chi connectivity index (χ1) is 9.76. The van der Waals surface area contributed by atoms with Gasteiger partial charge in [0.1, 0.15) is 0 Å². The summed E-state index contributed by atoms with van der Waals surface area (Å²) in [6.45, 7) is 3.80. The summed E-state index contributed by atoms with van der Waals surface area (Å²) < 4.78 is 0. The molecule has 116 valence electrons. The third-order valence-corrected chi connectivity index (χ3v) is 4.61. The normalized spacial score (nSPS) is 15.1. The Hall–Kier alpha value is -0.250. The van der Waals surface area contributed by atoms with Crippen molar-refractivity contribution in [1.29, 1.82) is 0 Å². The molecule has 1 aliphatic heterocycles. The largest absolute Gasteiger partial charge is 4.00 e. The van der Waals surface area contributed by atoms with E-state index in [1.807, 2.05) is 12.1 Å². The average molecular weight is 441 g/mol. The third-order valence-electron chi connectivity index (χ3n) is 3.36. The minimum absolute atomic E-state index is 0. The molecule has 1 aromatic carbocycles. The van der Waals surface area contributed by atoms with Crippen LogP contribution in [0.5, 0.6) is 0 Å². The van der Waals surface area contributed by atoms with Gasteiger partial charge in [0.05, 0.1) is 9.52 Å². The molecule has 0 bridgehead atoms. The summed E-state index contributed by atoms with van der Waals surface area (Å²) >= 11 is 0. The smallest absolute Gasteiger partial charge is 1.00 e. The number of allylic oxidation sites excluding steroid dienone is 5. The van der Waals surface area contributed by atoms with E-state index in [1.54, 1.807) is 6.08 Å². The topological polar surface area (TPSA) is 37.3 Å². The van der Waals surface area contributed by atoms with Crippen molar-refractivity contribution in [2.75, 3.05) is 6.61 Å². The first-order valence-electron chi connectivity index (χ1n) is 6.68. The number of unbranched alkanes of at least 4 members (excludes halogenated alkanes) is 1. The fourth-order valence-electron chi connectivity index (χ4n) is 2.29. The van der Waals surface area contributed by atoms with Gasteiger partial charge in [0.15, 0.2) is 5.78 Å². The van der Waals surface area contributed by atoms with E-state index in [-0.39, 0.29) is 63.4 Å². The second-order valence-electron chi connectivity index (χ2n) is 4.77. The van der Waals surface area contributed by atoms with Crippen LogP contribution in [0.15, 0.2) is 46.3 Å². The summed E-state index contributed by atoms with van der Waals surface area (Å²) in [7, 11) is 0.631. The summed E-state index contributed by atoms with van der Waals surface area (Å²) in [6, 6.07) is 8.13. The van der Waals surface area contributed by atoms with Gasteiger partial charge in [-0.3, -0.25) is 4.79 Å². The van der Waals surface area contributed by atoms with E-state index in [1.165, 1.54) is 10.8 Å². The first-order valence-corrected chi connectivity index (χ1v) is 7.68. The molecule has 0 atom stereocenters. The van der Waals surface area contributed by atoms with Crippen LogP contribution in [0.1, 0.15) is 24.0 Å². The van der Waals surface area contributed by atoms with Gasteiger partial charge in [0, 0.05) is 6.61 Å². The number of hydrogen-bond donors (Lipinski definition) is 1. The summed E-state index contributed by atoms with van der Waals surface area (Å²) in [4.78, 5) is 11.6. The minimum atomic E-state index is 0. The Morgan fingerprint density at radius 3 is 2.48 bits per heavy atom. The molecule has 0 unspecified atom stereocenters. The van der Waals surface area contributed by atoms with E-state index in [0.717, 1.165) is 34.7 Å². The zero-order chi connectivity index (χ0) is 14.1. The first kappa shape index (κ1) is 22.8. The number of fused-ring (bicyclic) bond motifs is 4. The van der Waals surface area contributed by atoms with E-state index in [4.69, 9.17) is 5.11 Å². The molecular weight excluding hydrogens is 426 g/mol. The molecular formula is C17H14Cl2O2SiZr. The minimum Gasteiger partial charge on any atom is -1.00 e. The van der Waals surface area contributed by atoms with Crippen LogP contribution in [0, 0.1) is 13.0 Å². The van der Waals surface area contributed by atoms with Crippen molar-refractivity contribution in [3.63, 3.8) is 0 Å². The second kappa shape index (κ2) is 9.90. The number of aliphatic hydroxyl groups is 1. The van der Waals surface area contributed by atoms with Gasteiger partial charge in [-0.2, -0.15) is 6.42 Å². The summed E-state index contributed by atoms with van der Waals surface area (Å²) in [5.74, 6) is 0.209. The van der Waals surface area contributed by atoms with Crippen molar-refractivity contribution in [1.82, 2.24) is 0 Å². The molecule has 2 nitrogen and oxygen atoms in total. The second-order valence-corrected chi connectivity index (χ2v) is 6.02. The molecule has 1 aromatic rings. The molecule has 0 fully saturated rings. The SMILES string of the molecule is O=C1C=C2C(=[C-]c3ccccc32)C2=C1[Si]2.[CH2-]CCCO.[Cl-].[Cl-].[Zr+4]. The standard InChI is InChI=1S/C13H5OSi.C4H9O.2ClH.Zr/c14-11-6-9-8-4-2-1-3-7(8)5-10(9)12-13(11)15-12;1-2-3-4-5;;;/h1-4,6H;5H,1-4H2;2*1H;/q2*-1;;;+4/p-2. The van der Waals surface area contributed by atoms with E-state index in [2.05, 4.69) is 25.1 Å². The third kappa shape index (κ3) is 4.64. The summed E-state index contributed by atoms with van der Waals surface area (Å²) in [5, 5.41) is 10.3. The number of rotatable bonds is 2. The Morgan fingerprint density at radius 1 is 1.17 bits per heavy atom. The van der Waals surface area contributed by atoms with Gasteiger partial charge in [-0.1, -0.05) is 29.8 Å². The number of carbonyl (C=O) groups excluding carboxylic acids is 1. The van der Waals surface area contributed by atoms with Gasteiger partial charge in [0.2, 0.25) is 0 Å². The van der Waals surface area contributed by atoms with Crippen LogP contribution in [-0.4, -0.2) is 27.0 Å². The number of aliphatic hydroxyl groups excluding tert-OH is 1. The van der Waals surface area contributed by atoms with Crippen molar-refractivity contribution in [2.45, 2.75) is 12.8 Å². The van der Waals surface area contributed by atoms with Gasteiger partial charge < -0.3 is 36.8 Å². The van der Waals surface area contributed by atoms with Crippen molar-refractivity contribution in [3.05, 3.63) is 70.4 Å². The van der Waals surface area contributed by atoms with Gasteiger partial charge in [-0.15, -0.1) is 39.6 Å². The van der Waals surface area contributed by atoms with E-state index in [0.29, 0.717) is 9.52 Å². The van der Waals surface area contributed by atoms with Crippen molar-refractivity contribution in [3.8, 4) is 0 Å². The van der Waals surface area contributed by atoms with Gasteiger partial charge in [0.25, 0.3) is 0 Å². The van der Waals surface area contributed by atoms with E-state index < -0.39 is 0 Å². The van der Waals surface area contributed by atoms with Crippen LogP contribution in [0.25, 0.3) is 5.57 Å². The Kier molecular flexibility index (Phi) is 9.80. The van der Waals surface area contributed by atoms with Crippen LogP contribution < -0.4 is 24.8 Å². The molecule has 2 radical (unpaired) electrons. The van der Waals surface area contributed by atoms with Crippen LogP contribution in [0.3, 0.4) is 0 Å². The van der Waals surface area contributed by atoms with E-state index in [9.17, 15) is 4.79 Å². The van der Waals surface area contributed by atoms with Crippen LogP contribution in [0.2, 0.25) is 0 Å². The van der Waals surface area contributed by atoms with Gasteiger partial charge >= 0.3 is 26.2 Å². The zero-order valence-electron chi connectivity index (χ0n) is 12.3. The van der Waals surface area contributed by atoms with Crippen molar-refractivity contribution in [2.24, 2.45) is 0 Å². The average Bonchev–Trinajstić information content (AvgIpc) is 3.19. The molecule has 1 heterocycles. The number of carbonyl (C=O) groups is 1. The Balaban J connectivity index is 0.000000544. The number of halogens is 2. The number of benzene rings is 1. The Morgan fingerprint density at radius 2 is 1.87 bits per heavy atom. The van der Waals surface area contributed by atoms with Gasteiger partial charge in [-0.25, -0.2) is 0 Å². The summed E-state index contributed by atoms with van der Waals surface area (Å²) in [6.07, 6.45) is 6.84. The molecule has 0 spiro atoms. The predicted octanol–water partition coefficient (Wildman–Crippen LogP) is -3.73. The quantitative estimate of drug-likeness (QED) is 0.380. The molecule has 23 heavy (non-hydrogen) atoms. The summed E-state index contributed by atoms with van der Waals surface area (Å²) in [5.41, 5.74) is 4.53. The van der Waals surface area contributed by atoms with Gasteiger partial charge in [-0.05, 0) is 6.08 Å². The van der Waals surface area contributed by atoms with Crippen molar-refractivity contribution < 1.29 is 60.9 Å². The van der Waals surface area contributed by atoms with Crippen LogP contribution in [0.4, 0.5) is 0 Å². The number of ketones is 1. The van der Waals surface area contributed by atoms with E-state index >= 15 is 0 Å². The van der Waals surface area contributed by atoms with Crippen LogP contribution >= 0.6 is 0 Å². The van der Waals surface area contributed by atoms with Crippen LogP contribution in [-0.2, 0) is 31.0 Å². The fourth-order valence-corrected chi connectivity index (χ4v) is 3.25. The molecule has 0 amide bonds. The molecule has 4 rings (SSSR count). The Bertz CT molecular complexity index is 679. The maximum atomic E-state index is 11.6. The Labute approximate surface area is 170 Å².